The SMILES string of the molecule is CC(NC(C)c1ccccc1Br)c1ccc2c(c1)CCC2. The van der Waals surface area contributed by atoms with Gasteiger partial charge in [0, 0.05) is 16.6 Å². The van der Waals surface area contributed by atoms with E-state index in [9.17, 15) is 0 Å². The van der Waals surface area contributed by atoms with Crippen LogP contribution in [-0.4, -0.2) is 0 Å². The summed E-state index contributed by atoms with van der Waals surface area (Å²) < 4.78 is 1.17. The molecule has 2 atom stereocenters. The maximum Gasteiger partial charge on any atom is 0.0308 e. The predicted octanol–water partition coefficient (Wildman–Crippen LogP) is 5.35. The summed E-state index contributed by atoms with van der Waals surface area (Å²) in [6, 6.07) is 16.1. The Balaban J connectivity index is 1.74. The summed E-state index contributed by atoms with van der Waals surface area (Å²) in [4.78, 5) is 0. The molecule has 0 spiro atoms. The zero-order chi connectivity index (χ0) is 14.8. The standard InChI is InChI=1S/C19H22BrN/c1-13(16-11-10-15-6-5-7-17(15)12-16)21-14(2)18-8-3-4-9-19(18)20/h3-4,8-14,21H,5-7H2,1-2H3. The molecule has 2 unspecified atom stereocenters. The first-order chi connectivity index (χ1) is 10.1. The Morgan fingerprint density at radius 3 is 2.52 bits per heavy atom. The average Bonchev–Trinajstić information content (AvgIpc) is 2.94. The lowest BCUT2D eigenvalue weighted by Gasteiger charge is -2.22. The molecule has 0 bridgehead atoms. The first kappa shape index (κ1) is 14.8. The lowest BCUT2D eigenvalue weighted by molar-refractivity contribution is 0.493. The summed E-state index contributed by atoms with van der Waals surface area (Å²) in [5, 5.41) is 3.71. The Morgan fingerprint density at radius 2 is 1.71 bits per heavy atom. The van der Waals surface area contributed by atoms with E-state index in [4.69, 9.17) is 0 Å². The van der Waals surface area contributed by atoms with E-state index in [-0.39, 0.29) is 0 Å². The molecule has 110 valence electrons. The van der Waals surface area contributed by atoms with Crippen molar-refractivity contribution in [2.75, 3.05) is 0 Å². The summed E-state index contributed by atoms with van der Waals surface area (Å²) in [6.45, 7) is 4.48. The Hall–Kier alpha value is -1.12. The van der Waals surface area contributed by atoms with Crippen LogP contribution in [-0.2, 0) is 12.8 Å². The molecule has 21 heavy (non-hydrogen) atoms. The number of hydrogen-bond donors (Lipinski definition) is 1. The predicted molar refractivity (Wildman–Crippen MR) is 92.6 cm³/mol. The van der Waals surface area contributed by atoms with Crippen molar-refractivity contribution in [3.05, 3.63) is 69.2 Å². The lowest BCUT2D eigenvalue weighted by Crippen LogP contribution is -2.22. The van der Waals surface area contributed by atoms with Crippen LogP contribution < -0.4 is 5.32 Å². The summed E-state index contributed by atoms with van der Waals surface area (Å²) in [6.07, 6.45) is 3.81. The molecule has 0 amide bonds. The van der Waals surface area contributed by atoms with Gasteiger partial charge in [-0.05, 0) is 61.4 Å². The zero-order valence-electron chi connectivity index (χ0n) is 12.7. The maximum absolute atomic E-state index is 3.71. The summed E-state index contributed by atoms with van der Waals surface area (Å²) in [7, 11) is 0. The molecule has 0 saturated carbocycles. The summed E-state index contributed by atoms with van der Waals surface area (Å²) >= 11 is 3.64. The number of aryl methyl sites for hydroxylation is 2. The van der Waals surface area contributed by atoms with Crippen LogP contribution in [0.5, 0.6) is 0 Å². The minimum Gasteiger partial charge on any atom is -0.304 e. The van der Waals surface area contributed by atoms with Gasteiger partial charge in [0.05, 0.1) is 0 Å². The first-order valence-corrected chi connectivity index (χ1v) is 8.56. The molecule has 1 nitrogen and oxygen atoms in total. The lowest BCUT2D eigenvalue weighted by atomic mass is 10.0. The van der Waals surface area contributed by atoms with Crippen LogP contribution in [0.25, 0.3) is 0 Å². The van der Waals surface area contributed by atoms with Gasteiger partial charge in [0.2, 0.25) is 0 Å². The van der Waals surface area contributed by atoms with Gasteiger partial charge in [-0.15, -0.1) is 0 Å². The van der Waals surface area contributed by atoms with Crippen molar-refractivity contribution < 1.29 is 0 Å². The van der Waals surface area contributed by atoms with Crippen molar-refractivity contribution in [3.8, 4) is 0 Å². The Labute approximate surface area is 135 Å². The van der Waals surface area contributed by atoms with Gasteiger partial charge in [0.25, 0.3) is 0 Å². The smallest absolute Gasteiger partial charge is 0.0308 e. The van der Waals surface area contributed by atoms with Gasteiger partial charge in [-0.3, -0.25) is 0 Å². The highest BCUT2D eigenvalue weighted by molar-refractivity contribution is 9.10. The fraction of sp³-hybridized carbons (Fsp3) is 0.368. The molecular formula is C19H22BrN. The Kier molecular flexibility index (Phi) is 4.46. The highest BCUT2D eigenvalue weighted by Gasteiger charge is 2.16. The van der Waals surface area contributed by atoms with E-state index in [2.05, 4.69) is 77.6 Å². The van der Waals surface area contributed by atoms with Crippen LogP contribution >= 0.6 is 15.9 Å². The van der Waals surface area contributed by atoms with E-state index in [0.29, 0.717) is 12.1 Å². The van der Waals surface area contributed by atoms with Crippen molar-refractivity contribution in [2.45, 2.75) is 45.2 Å². The van der Waals surface area contributed by atoms with E-state index < -0.39 is 0 Å². The minimum absolute atomic E-state index is 0.323. The van der Waals surface area contributed by atoms with Crippen molar-refractivity contribution >= 4 is 15.9 Å². The number of rotatable bonds is 4. The van der Waals surface area contributed by atoms with E-state index >= 15 is 0 Å². The van der Waals surface area contributed by atoms with Gasteiger partial charge in [-0.2, -0.15) is 0 Å². The topological polar surface area (TPSA) is 12.0 Å². The molecule has 0 fully saturated rings. The monoisotopic (exact) mass is 343 g/mol. The molecule has 0 aromatic heterocycles. The van der Waals surface area contributed by atoms with Gasteiger partial charge in [-0.25, -0.2) is 0 Å². The number of benzene rings is 2. The third kappa shape index (κ3) is 3.22. The number of hydrogen-bond acceptors (Lipinski definition) is 1. The maximum atomic E-state index is 3.71. The largest absolute Gasteiger partial charge is 0.304 e. The molecule has 1 aliphatic carbocycles. The Morgan fingerprint density at radius 1 is 0.952 bits per heavy atom. The molecular weight excluding hydrogens is 322 g/mol. The molecule has 0 heterocycles. The number of nitrogens with one attached hydrogen (secondary N) is 1. The first-order valence-electron chi connectivity index (χ1n) is 7.77. The van der Waals surface area contributed by atoms with Crippen LogP contribution in [0.2, 0.25) is 0 Å². The molecule has 1 aliphatic rings. The second kappa shape index (κ2) is 6.33. The van der Waals surface area contributed by atoms with Gasteiger partial charge < -0.3 is 5.32 Å². The summed E-state index contributed by atoms with van der Waals surface area (Å²) in [5.74, 6) is 0. The van der Waals surface area contributed by atoms with E-state index in [1.807, 2.05) is 0 Å². The minimum atomic E-state index is 0.323. The second-order valence-corrected chi connectivity index (χ2v) is 6.87. The van der Waals surface area contributed by atoms with Crippen molar-refractivity contribution in [2.24, 2.45) is 0 Å². The van der Waals surface area contributed by atoms with Crippen LogP contribution in [0.1, 0.15) is 54.6 Å². The molecule has 0 radical (unpaired) electrons. The molecule has 2 heteroatoms. The molecule has 2 aromatic rings. The van der Waals surface area contributed by atoms with Crippen LogP contribution in [0, 0.1) is 0 Å². The molecule has 0 saturated heterocycles. The van der Waals surface area contributed by atoms with Crippen LogP contribution in [0.4, 0.5) is 0 Å². The third-order valence-electron chi connectivity index (χ3n) is 4.49. The van der Waals surface area contributed by atoms with Gasteiger partial charge in [0.15, 0.2) is 0 Å². The van der Waals surface area contributed by atoms with Crippen molar-refractivity contribution in [3.63, 3.8) is 0 Å². The average molecular weight is 344 g/mol. The van der Waals surface area contributed by atoms with Crippen LogP contribution in [0.3, 0.4) is 0 Å². The number of halogens is 1. The molecule has 1 N–H and O–H groups in total. The van der Waals surface area contributed by atoms with Gasteiger partial charge >= 0.3 is 0 Å². The fourth-order valence-corrected chi connectivity index (χ4v) is 3.88. The Bertz CT molecular complexity index is 635. The van der Waals surface area contributed by atoms with E-state index in [0.717, 1.165) is 0 Å². The van der Waals surface area contributed by atoms with E-state index in [1.54, 1.807) is 11.1 Å². The molecule has 2 aromatic carbocycles. The van der Waals surface area contributed by atoms with Crippen LogP contribution in [0.15, 0.2) is 46.9 Å². The molecule has 0 aliphatic heterocycles. The van der Waals surface area contributed by atoms with Gasteiger partial charge in [0.1, 0.15) is 0 Å². The fourth-order valence-electron chi connectivity index (χ4n) is 3.25. The highest BCUT2D eigenvalue weighted by Crippen LogP contribution is 2.28. The third-order valence-corrected chi connectivity index (χ3v) is 5.22. The summed E-state index contributed by atoms with van der Waals surface area (Å²) in [5.41, 5.74) is 5.81. The van der Waals surface area contributed by atoms with Crippen molar-refractivity contribution in [1.29, 1.82) is 0 Å². The second-order valence-electron chi connectivity index (χ2n) is 6.01. The van der Waals surface area contributed by atoms with Gasteiger partial charge in [-0.1, -0.05) is 52.3 Å². The molecule has 3 rings (SSSR count). The zero-order valence-corrected chi connectivity index (χ0v) is 14.3. The van der Waals surface area contributed by atoms with E-state index in [1.165, 1.54) is 34.9 Å². The van der Waals surface area contributed by atoms with Crippen molar-refractivity contribution in [1.82, 2.24) is 5.32 Å². The highest BCUT2D eigenvalue weighted by atomic mass is 79.9. The number of fused-ring (bicyclic) bond motifs is 1. The normalized spacial score (nSPS) is 16.5. The quantitative estimate of drug-likeness (QED) is 0.788.